The van der Waals surface area contributed by atoms with Crippen LogP contribution in [0, 0.1) is 5.92 Å². The van der Waals surface area contributed by atoms with Crippen LogP contribution in [0.5, 0.6) is 0 Å². The molecular formula is C16H27N3O2S. The van der Waals surface area contributed by atoms with E-state index >= 15 is 0 Å². The smallest absolute Gasteiger partial charge is 0.271 e. The number of nitrogens with zero attached hydrogens (tertiary/aromatic N) is 1. The molecule has 1 aromatic rings. The number of hydrogen-bond donors (Lipinski definition) is 2. The minimum atomic E-state index is -3.28. The van der Waals surface area contributed by atoms with E-state index in [4.69, 9.17) is 10.9 Å². The van der Waals surface area contributed by atoms with Crippen molar-refractivity contribution in [2.45, 2.75) is 57.4 Å². The summed E-state index contributed by atoms with van der Waals surface area (Å²) >= 11 is 0. The fourth-order valence-electron chi connectivity index (χ4n) is 2.01. The quantitative estimate of drug-likeness (QED) is 0.890. The molecule has 0 radical (unpaired) electrons. The van der Waals surface area contributed by atoms with Crippen LogP contribution in [0.3, 0.4) is 0 Å². The van der Waals surface area contributed by atoms with Crippen LogP contribution >= 0.6 is 0 Å². The molecule has 0 aliphatic carbocycles. The molecule has 0 bridgehead atoms. The summed E-state index contributed by atoms with van der Waals surface area (Å²) in [4.78, 5) is 12.4. The lowest BCUT2D eigenvalue weighted by Gasteiger charge is -2.20. The van der Waals surface area contributed by atoms with E-state index in [-0.39, 0.29) is 11.3 Å². The van der Waals surface area contributed by atoms with Crippen LogP contribution in [0.4, 0.5) is 0 Å². The number of hydrogen-bond acceptors (Lipinski definition) is 3. The van der Waals surface area contributed by atoms with E-state index in [9.17, 15) is 9.00 Å². The monoisotopic (exact) mass is 325 g/mol. The Bertz CT molecular complexity index is 654. The third kappa shape index (κ3) is 5.19. The highest BCUT2D eigenvalue weighted by Gasteiger charge is 2.20. The molecule has 0 fully saturated rings. The Kier molecular flexibility index (Phi) is 5.89. The van der Waals surface area contributed by atoms with Gasteiger partial charge in [0, 0.05) is 0 Å². The molecule has 0 aliphatic heterocycles. The van der Waals surface area contributed by atoms with Crippen molar-refractivity contribution in [2.24, 2.45) is 21.2 Å². The Morgan fingerprint density at radius 3 is 2.41 bits per heavy atom. The summed E-state index contributed by atoms with van der Waals surface area (Å²) in [5, 5.41) is 5.80. The second-order valence-electron chi connectivity index (χ2n) is 7.01. The lowest BCUT2D eigenvalue weighted by Crippen LogP contribution is -2.32. The first-order chi connectivity index (χ1) is 9.93. The van der Waals surface area contributed by atoms with Gasteiger partial charge in [0.25, 0.3) is 5.91 Å². The molecule has 1 rings (SSSR count). The average molecular weight is 325 g/mol. The number of amides is 1. The second kappa shape index (κ2) is 6.89. The Hall–Kier alpha value is -1.24. The maximum Gasteiger partial charge on any atom is 0.271 e. The molecule has 0 aromatic heterocycles. The first-order valence-corrected chi connectivity index (χ1v) is 8.96. The van der Waals surface area contributed by atoms with Gasteiger partial charge >= 0.3 is 0 Å². The largest absolute Gasteiger partial charge is 0.320 e. The van der Waals surface area contributed by atoms with Crippen molar-refractivity contribution in [3.63, 3.8) is 0 Å². The van der Waals surface area contributed by atoms with E-state index < -0.39 is 21.9 Å². The predicted molar refractivity (Wildman–Crippen MR) is 90.6 cm³/mol. The molecule has 5 nitrogen and oxygen atoms in total. The van der Waals surface area contributed by atoms with E-state index in [1.807, 2.05) is 40.7 Å². The molecule has 0 aliphatic rings. The molecule has 1 amide bonds. The van der Waals surface area contributed by atoms with Gasteiger partial charge < -0.3 is 5.73 Å². The molecule has 4 N–H and O–H groups in total. The van der Waals surface area contributed by atoms with Gasteiger partial charge in [0.2, 0.25) is 0 Å². The average Bonchev–Trinajstić information content (AvgIpc) is 2.36. The lowest BCUT2D eigenvalue weighted by molar-refractivity contribution is -0.119. The van der Waals surface area contributed by atoms with Crippen molar-refractivity contribution >= 4 is 15.8 Å². The molecule has 1 aromatic carbocycles. The van der Waals surface area contributed by atoms with Gasteiger partial charge in [-0.3, -0.25) is 4.79 Å². The fourth-order valence-corrected chi connectivity index (χ4v) is 3.08. The zero-order valence-corrected chi connectivity index (χ0v) is 14.8. The molecule has 0 saturated carbocycles. The summed E-state index contributed by atoms with van der Waals surface area (Å²) in [5.74, 6) is -0.352. The molecule has 1 unspecified atom stereocenters. The van der Waals surface area contributed by atoms with Gasteiger partial charge in [0.15, 0.2) is 0 Å². The third-order valence-corrected chi connectivity index (χ3v) is 4.69. The highest BCUT2D eigenvalue weighted by atomic mass is 32.2. The van der Waals surface area contributed by atoms with Crippen LogP contribution in [0.1, 0.15) is 46.6 Å². The predicted octanol–water partition coefficient (Wildman–Crippen LogP) is 2.58. The first-order valence-electron chi connectivity index (χ1n) is 7.38. The number of rotatable bonds is 4. The van der Waals surface area contributed by atoms with Gasteiger partial charge in [-0.05, 0) is 35.4 Å². The molecule has 0 heterocycles. The molecule has 2 atom stereocenters. The molecular weight excluding hydrogens is 298 g/mol. The minimum Gasteiger partial charge on any atom is -0.320 e. The molecule has 124 valence electrons. The number of benzene rings is 1. The Morgan fingerprint density at radius 1 is 1.32 bits per heavy atom. The summed E-state index contributed by atoms with van der Waals surface area (Å²) < 4.78 is 16.3. The lowest BCUT2D eigenvalue weighted by atomic mass is 9.87. The third-order valence-electron chi connectivity index (χ3n) is 3.31. The Morgan fingerprint density at radius 2 is 1.91 bits per heavy atom. The molecule has 0 spiro atoms. The van der Waals surface area contributed by atoms with Crippen molar-refractivity contribution in [1.29, 1.82) is 0 Å². The number of carbonyl (C=O) groups is 1. The SMILES string of the molecule is CC(C)C[C@H](N)C(=O)N=S(N)(=O)c1cccc(C(C)(C)C)c1. The van der Waals surface area contributed by atoms with Crippen LogP contribution in [-0.4, -0.2) is 16.2 Å². The number of nitrogens with two attached hydrogens (primary N) is 2. The van der Waals surface area contributed by atoms with Crippen LogP contribution in [0.2, 0.25) is 0 Å². The van der Waals surface area contributed by atoms with Crippen molar-refractivity contribution in [3.8, 4) is 0 Å². The number of carbonyl (C=O) groups excluding carboxylic acids is 1. The first kappa shape index (κ1) is 18.8. The van der Waals surface area contributed by atoms with Crippen LogP contribution < -0.4 is 10.9 Å². The summed E-state index contributed by atoms with van der Waals surface area (Å²) in [5.41, 5.74) is 6.65. The zero-order valence-electron chi connectivity index (χ0n) is 14.0. The van der Waals surface area contributed by atoms with E-state index in [1.54, 1.807) is 18.2 Å². The van der Waals surface area contributed by atoms with Gasteiger partial charge in [0.1, 0.15) is 9.92 Å². The van der Waals surface area contributed by atoms with E-state index in [0.29, 0.717) is 11.3 Å². The standard InChI is InChI=1S/C16H27N3O2S/c1-11(2)9-14(17)15(20)19-22(18,21)13-8-6-7-12(10-13)16(3,4)5/h6-8,10-11,14H,9,17H2,1-5H3,(H2,18,19,20,21)/t14-,22?/m0/s1. The van der Waals surface area contributed by atoms with Gasteiger partial charge in [-0.2, -0.15) is 0 Å². The highest BCUT2D eigenvalue weighted by Crippen LogP contribution is 2.24. The van der Waals surface area contributed by atoms with Crippen LogP contribution in [-0.2, 0) is 20.1 Å². The van der Waals surface area contributed by atoms with Gasteiger partial charge in [0.05, 0.1) is 10.9 Å². The van der Waals surface area contributed by atoms with Crippen molar-refractivity contribution in [1.82, 2.24) is 0 Å². The van der Waals surface area contributed by atoms with Crippen LogP contribution in [0.15, 0.2) is 33.5 Å². The Labute approximate surface area is 133 Å². The van der Waals surface area contributed by atoms with E-state index in [2.05, 4.69) is 4.36 Å². The minimum absolute atomic E-state index is 0.108. The fraction of sp³-hybridized carbons (Fsp3) is 0.562. The van der Waals surface area contributed by atoms with Gasteiger partial charge in [-0.25, -0.2) is 9.35 Å². The topological polar surface area (TPSA) is 98.5 Å². The normalized spacial score (nSPS) is 16.2. The summed E-state index contributed by atoms with van der Waals surface area (Å²) in [6.45, 7) is 10.1. The zero-order chi connectivity index (χ0) is 17.1. The van der Waals surface area contributed by atoms with E-state index in [1.165, 1.54) is 0 Å². The summed E-state index contributed by atoms with van der Waals surface area (Å²) in [7, 11) is -3.28. The second-order valence-corrected chi connectivity index (χ2v) is 8.80. The van der Waals surface area contributed by atoms with Gasteiger partial charge in [-0.1, -0.05) is 46.8 Å². The summed E-state index contributed by atoms with van der Waals surface area (Å²) in [6, 6.07) is 6.31. The van der Waals surface area contributed by atoms with E-state index in [0.717, 1.165) is 5.56 Å². The van der Waals surface area contributed by atoms with Crippen molar-refractivity contribution in [2.75, 3.05) is 0 Å². The Balaban J connectivity index is 3.16. The molecule has 0 saturated heterocycles. The van der Waals surface area contributed by atoms with Crippen LogP contribution in [0.25, 0.3) is 0 Å². The maximum absolute atomic E-state index is 12.6. The van der Waals surface area contributed by atoms with Gasteiger partial charge in [-0.15, -0.1) is 4.36 Å². The molecule has 22 heavy (non-hydrogen) atoms. The molecule has 6 heteroatoms. The summed E-state index contributed by atoms with van der Waals surface area (Å²) in [6.07, 6.45) is 0.486. The highest BCUT2D eigenvalue weighted by molar-refractivity contribution is 7.91. The maximum atomic E-state index is 12.6. The van der Waals surface area contributed by atoms with Crippen molar-refractivity contribution in [3.05, 3.63) is 29.8 Å². The van der Waals surface area contributed by atoms with Crippen molar-refractivity contribution < 1.29 is 9.00 Å².